The Morgan fingerprint density at radius 2 is 1.62 bits per heavy atom. The fraction of sp³-hybridized carbons (Fsp3) is 1.00. The molecule has 0 spiro atoms. The molecule has 0 saturated heterocycles. The molecule has 0 nitrogen and oxygen atoms in total. The third-order valence-electron chi connectivity index (χ3n) is 0.943. The van der Waals surface area contributed by atoms with Crippen LogP contribution in [0.5, 0.6) is 0 Å². The van der Waals surface area contributed by atoms with Crippen LogP contribution in [0.15, 0.2) is 0 Å². The van der Waals surface area contributed by atoms with Crippen molar-refractivity contribution < 1.29 is 0 Å². The predicted octanol–water partition coefficient (Wildman–Crippen LogP) is 1.21. The number of rotatable bonds is 2. The van der Waals surface area contributed by atoms with Gasteiger partial charge in [0.1, 0.15) is 0 Å². The first-order valence-electron chi connectivity index (χ1n) is 3.13. The van der Waals surface area contributed by atoms with Crippen molar-refractivity contribution >= 4 is 31.5 Å². The maximum Gasteiger partial charge on any atom is 0.255 e. The molecule has 0 amide bonds. The van der Waals surface area contributed by atoms with E-state index in [4.69, 9.17) is 0 Å². The van der Waals surface area contributed by atoms with Crippen molar-refractivity contribution in [3.8, 4) is 0 Å². The van der Waals surface area contributed by atoms with E-state index in [0.29, 0.717) is 0 Å². The topological polar surface area (TPSA) is 0 Å². The molecule has 0 aliphatic rings. The lowest BCUT2D eigenvalue weighted by Crippen LogP contribution is -2.02. The summed E-state index contributed by atoms with van der Waals surface area (Å²) in [6.45, 7) is 4.60. The van der Waals surface area contributed by atoms with Crippen LogP contribution in [-0.2, 0) is 0 Å². The molecule has 0 bridgehead atoms. The highest BCUT2D eigenvalue weighted by Gasteiger charge is 2.02. The third kappa shape index (κ3) is 10.1. The van der Waals surface area contributed by atoms with Crippen LogP contribution in [0.3, 0.4) is 0 Å². The van der Waals surface area contributed by atoms with Crippen LogP contribution in [0.4, 0.5) is 0 Å². The molecule has 0 aliphatic heterocycles. The minimum atomic E-state index is -0.228. The van der Waals surface area contributed by atoms with Gasteiger partial charge >= 0.3 is 0 Å². The molecule has 0 radical (unpaired) electrons. The fourth-order valence-electron chi connectivity index (χ4n) is 0.943. The molecule has 0 atom stereocenters. The normalized spacial score (nSPS) is 8.62. The summed E-state index contributed by atoms with van der Waals surface area (Å²) in [6, 6.07) is 0. The van der Waals surface area contributed by atoms with E-state index >= 15 is 0 Å². The summed E-state index contributed by atoms with van der Waals surface area (Å²) >= 11 is -0.228. The Kier molecular flexibility index (Phi) is 9.14. The van der Waals surface area contributed by atoms with Crippen LogP contribution in [-0.4, -0.2) is 31.5 Å². The van der Waals surface area contributed by atoms with Crippen LogP contribution in [0.2, 0.25) is 16.9 Å². The summed E-state index contributed by atoms with van der Waals surface area (Å²) in [5.74, 6) is 5.74. The first kappa shape index (κ1) is 11.8. The van der Waals surface area contributed by atoms with Crippen molar-refractivity contribution in [1.82, 2.24) is 0 Å². The van der Waals surface area contributed by atoms with Crippen molar-refractivity contribution in [2.75, 3.05) is 0 Å². The van der Waals surface area contributed by atoms with Gasteiger partial charge in [-0.15, -0.1) is 11.6 Å². The van der Waals surface area contributed by atoms with Gasteiger partial charge in [0.2, 0.25) is 0 Å². The van der Waals surface area contributed by atoms with Gasteiger partial charge in [0.15, 0.2) is 17.4 Å². The van der Waals surface area contributed by atoms with Crippen LogP contribution in [0.25, 0.3) is 0 Å². The Balaban J connectivity index is 0. The van der Waals surface area contributed by atoms with Gasteiger partial charge in [-0.3, -0.25) is 0 Å². The number of hydrogen-bond acceptors (Lipinski definition) is 0. The summed E-state index contributed by atoms with van der Waals surface area (Å²) in [4.78, 5) is 0. The SMILES string of the molecule is CC(C)[CH2][Al]([CH3])[CH3].[AlH3]. The molecule has 0 N–H and O–H groups in total. The smallest absolute Gasteiger partial charge is 0.106 e. The maximum atomic E-state index is 2.40. The standard InChI is InChI=1S/C4H9.2CH3.2Al.3H/c1-4(2)3;;;;;;;/h4H,1H2,2-3H3;2*1H3;;;;;. The van der Waals surface area contributed by atoms with Crippen molar-refractivity contribution in [3.05, 3.63) is 0 Å². The fourth-order valence-corrected chi connectivity index (χ4v) is 2.83. The summed E-state index contributed by atoms with van der Waals surface area (Å²) in [6.07, 6.45) is 0. The first-order chi connectivity index (χ1) is 3.13. The van der Waals surface area contributed by atoms with E-state index in [1.54, 1.807) is 0 Å². The van der Waals surface area contributed by atoms with E-state index in [1.165, 1.54) is 5.28 Å². The summed E-state index contributed by atoms with van der Waals surface area (Å²) in [5.41, 5.74) is 0. The quantitative estimate of drug-likeness (QED) is 0.511. The van der Waals surface area contributed by atoms with Crippen LogP contribution in [0.1, 0.15) is 13.8 Å². The van der Waals surface area contributed by atoms with Crippen LogP contribution < -0.4 is 0 Å². The number of hydrogen-bond donors (Lipinski definition) is 0. The third-order valence-corrected chi connectivity index (χ3v) is 2.83. The Hall–Kier alpha value is 1.06. The monoisotopic (exact) mass is 144 g/mol. The zero-order valence-corrected chi connectivity index (χ0v) is 7.02. The summed E-state index contributed by atoms with van der Waals surface area (Å²) in [5, 5.41) is 1.50. The molecule has 0 fully saturated rings. The maximum absolute atomic E-state index is 2.40. The first-order valence-corrected chi connectivity index (χ1v) is 6.25. The van der Waals surface area contributed by atoms with Crippen molar-refractivity contribution in [2.45, 2.75) is 30.7 Å². The molecule has 0 aromatic carbocycles. The Morgan fingerprint density at radius 1 is 1.25 bits per heavy atom. The zero-order chi connectivity index (χ0) is 5.86. The van der Waals surface area contributed by atoms with Crippen molar-refractivity contribution in [1.29, 1.82) is 0 Å². The average molecular weight is 144 g/mol. The molecule has 0 aliphatic carbocycles. The molecule has 0 unspecified atom stereocenters. The second kappa shape index (κ2) is 6.19. The van der Waals surface area contributed by atoms with Gasteiger partial charge in [0.25, 0.3) is 14.1 Å². The van der Waals surface area contributed by atoms with Gasteiger partial charge in [0.05, 0.1) is 0 Å². The second-order valence-corrected chi connectivity index (χ2v) is 6.28. The van der Waals surface area contributed by atoms with E-state index < -0.39 is 0 Å². The molecular weight excluding hydrogens is 126 g/mol. The highest BCUT2D eigenvalue weighted by molar-refractivity contribution is 6.55. The molecule has 0 saturated carbocycles. The molecule has 8 heavy (non-hydrogen) atoms. The lowest BCUT2D eigenvalue weighted by molar-refractivity contribution is 0.727. The van der Waals surface area contributed by atoms with Gasteiger partial charge in [-0.2, -0.15) is 0 Å². The van der Waals surface area contributed by atoms with Crippen molar-refractivity contribution in [3.63, 3.8) is 0 Å². The Labute approximate surface area is 68.2 Å². The molecule has 48 valence electrons. The van der Waals surface area contributed by atoms with Gasteiger partial charge in [0, 0.05) is 0 Å². The predicted molar refractivity (Wildman–Crippen MR) is 47.1 cm³/mol. The molecule has 0 heterocycles. The molecule has 0 aromatic rings. The van der Waals surface area contributed by atoms with E-state index in [0.717, 1.165) is 5.92 Å². The Morgan fingerprint density at radius 3 is 1.62 bits per heavy atom. The largest absolute Gasteiger partial charge is 0.255 e. The van der Waals surface area contributed by atoms with Gasteiger partial charge < -0.3 is 0 Å². The average Bonchev–Trinajstić information content (AvgIpc) is 1.27. The molecular formula is C6H18Al2. The second-order valence-electron chi connectivity index (χ2n) is 3.02. The summed E-state index contributed by atoms with van der Waals surface area (Å²) in [7, 11) is 0. The molecule has 2 heteroatoms. The molecule has 0 rings (SSSR count). The lowest BCUT2D eigenvalue weighted by atomic mass is 10.3. The summed E-state index contributed by atoms with van der Waals surface area (Å²) < 4.78 is 0. The van der Waals surface area contributed by atoms with Crippen LogP contribution >= 0.6 is 0 Å². The van der Waals surface area contributed by atoms with Gasteiger partial charge in [-0.05, 0) is 0 Å². The van der Waals surface area contributed by atoms with Crippen LogP contribution in [0, 0.1) is 5.92 Å². The van der Waals surface area contributed by atoms with E-state index in [9.17, 15) is 0 Å². The zero-order valence-electron chi connectivity index (χ0n) is 5.86. The van der Waals surface area contributed by atoms with Crippen molar-refractivity contribution in [2.24, 2.45) is 5.92 Å². The van der Waals surface area contributed by atoms with Gasteiger partial charge in [-0.1, -0.05) is 25.0 Å². The lowest BCUT2D eigenvalue weighted by Gasteiger charge is -2.01. The highest BCUT2D eigenvalue weighted by atomic mass is 27.2. The Bertz CT molecular complexity index is 35.8. The minimum absolute atomic E-state index is 0. The molecule has 0 aromatic heterocycles. The van der Waals surface area contributed by atoms with E-state index in [2.05, 4.69) is 25.4 Å². The van der Waals surface area contributed by atoms with E-state index in [-0.39, 0.29) is 31.5 Å². The van der Waals surface area contributed by atoms with E-state index in [1.807, 2.05) is 0 Å². The minimum Gasteiger partial charge on any atom is -0.106 e. The van der Waals surface area contributed by atoms with Gasteiger partial charge in [-0.25, -0.2) is 0 Å². The highest BCUT2D eigenvalue weighted by Crippen LogP contribution is 2.03.